The quantitative estimate of drug-likeness (QED) is 0.864. The zero-order chi connectivity index (χ0) is 16.6. The lowest BCUT2D eigenvalue weighted by molar-refractivity contribution is -0.127. The van der Waals surface area contributed by atoms with Gasteiger partial charge in [-0.25, -0.2) is 9.78 Å². The van der Waals surface area contributed by atoms with Crippen molar-refractivity contribution in [1.29, 1.82) is 0 Å². The Morgan fingerprint density at radius 1 is 1.35 bits per heavy atom. The molecule has 2 heterocycles. The van der Waals surface area contributed by atoms with Gasteiger partial charge in [-0.1, -0.05) is 12.1 Å². The van der Waals surface area contributed by atoms with E-state index in [0.29, 0.717) is 13.0 Å². The molecule has 1 atom stereocenters. The molecular formula is C17H20N2O3S. The number of ether oxygens (including phenoxy) is 1. The molecule has 23 heavy (non-hydrogen) atoms. The summed E-state index contributed by atoms with van der Waals surface area (Å²) in [5.41, 5.74) is 0.366. The number of rotatable bonds is 3. The number of para-hydroxylation sites is 1. The summed E-state index contributed by atoms with van der Waals surface area (Å²) in [5, 5.41) is 0.798. The minimum Gasteiger partial charge on any atom is -0.444 e. The van der Waals surface area contributed by atoms with Crippen LogP contribution in [-0.2, 0) is 16.0 Å². The van der Waals surface area contributed by atoms with Crippen LogP contribution in [0.25, 0.3) is 10.2 Å². The molecule has 1 amide bonds. The smallest absolute Gasteiger partial charge is 0.410 e. The molecule has 6 heteroatoms. The lowest BCUT2D eigenvalue weighted by atomic mass is 9.97. The van der Waals surface area contributed by atoms with E-state index in [1.54, 1.807) is 0 Å². The number of amides is 1. The molecule has 1 fully saturated rings. The molecule has 122 valence electrons. The van der Waals surface area contributed by atoms with E-state index < -0.39 is 11.7 Å². The topological polar surface area (TPSA) is 59.5 Å². The second-order valence-electron chi connectivity index (χ2n) is 6.70. The van der Waals surface area contributed by atoms with Crippen molar-refractivity contribution < 1.29 is 14.3 Å². The average molecular weight is 332 g/mol. The van der Waals surface area contributed by atoms with Gasteiger partial charge in [-0.05, 0) is 39.3 Å². The lowest BCUT2D eigenvalue weighted by Crippen LogP contribution is -2.56. The third kappa shape index (κ3) is 3.52. The number of carbonyl (C=O) groups is 2. The first-order chi connectivity index (χ1) is 10.8. The molecule has 0 bridgehead atoms. The third-order valence-corrected chi connectivity index (χ3v) is 4.72. The van der Waals surface area contributed by atoms with Crippen LogP contribution in [0.5, 0.6) is 0 Å². The predicted octanol–water partition coefficient (Wildman–Crippen LogP) is 3.42. The Morgan fingerprint density at radius 2 is 2.09 bits per heavy atom. The zero-order valence-corrected chi connectivity index (χ0v) is 14.4. The molecule has 0 radical (unpaired) electrons. The van der Waals surface area contributed by atoms with Crippen LogP contribution < -0.4 is 0 Å². The highest BCUT2D eigenvalue weighted by molar-refractivity contribution is 7.18. The molecule has 1 aliphatic rings. The highest BCUT2D eigenvalue weighted by Gasteiger charge is 2.39. The van der Waals surface area contributed by atoms with Crippen molar-refractivity contribution in [3.63, 3.8) is 0 Å². The fraction of sp³-hybridized carbons (Fsp3) is 0.471. The first-order valence-electron chi connectivity index (χ1n) is 7.70. The molecule has 1 aliphatic heterocycles. The van der Waals surface area contributed by atoms with E-state index in [2.05, 4.69) is 4.98 Å². The van der Waals surface area contributed by atoms with Crippen molar-refractivity contribution in [1.82, 2.24) is 9.88 Å². The highest BCUT2D eigenvalue weighted by Crippen LogP contribution is 2.26. The summed E-state index contributed by atoms with van der Waals surface area (Å²) in [6.45, 7) is 6.04. The molecule has 1 saturated heterocycles. The van der Waals surface area contributed by atoms with Crippen molar-refractivity contribution >= 4 is 33.4 Å². The number of hydrogen-bond donors (Lipinski definition) is 0. The normalized spacial score (nSPS) is 17.9. The van der Waals surface area contributed by atoms with Crippen molar-refractivity contribution in [3.05, 3.63) is 29.3 Å². The van der Waals surface area contributed by atoms with Crippen LogP contribution in [0.3, 0.4) is 0 Å². The molecule has 0 spiro atoms. The zero-order valence-electron chi connectivity index (χ0n) is 13.5. The fourth-order valence-corrected chi connectivity index (χ4v) is 3.50. The molecule has 0 N–H and O–H groups in total. The Labute approximate surface area is 139 Å². The van der Waals surface area contributed by atoms with Gasteiger partial charge in [0.25, 0.3) is 0 Å². The Kier molecular flexibility index (Phi) is 4.10. The number of benzene rings is 1. The van der Waals surface area contributed by atoms with Crippen LogP contribution in [0.2, 0.25) is 0 Å². The number of Topliss-reactive ketones (excluding diaryl/α,β-unsaturated/α-hetero) is 1. The summed E-state index contributed by atoms with van der Waals surface area (Å²) in [6, 6.07) is 7.46. The van der Waals surface area contributed by atoms with Crippen LogP contribution in [0, 0.1) is 0 Å². The summed E-state index contributed by atoms with van der Waals surface area (Å²) in [5.74, 6) is 0.0289. The minimum absolute atomic E-state index is 0.0289. The van der Waals surface area contributed by atoms with Crippen LogP contribution in [0.15, 0.2) is 24.3 Å². The largest absolute Gasteiger partial charge is 0.444 e. The monoisotopic (exact) mass is 332 g/mol. The van der Waals surface area contributed by atoms with Gasteiger partial charge in [0.1, 0.15) is 10.6 Å². The predicted molar refractivity (Wildman–Crippen MR) is 89.7 cm³/mol. The summed E-state index contributed by atoms with van der Waals surface area (Å²) in [6.07, 6.45) is 0.554. The Balaban J connectivity index is 1.65. The molecule has 2 aromatic rings. The number of fused-ring (bicyclic) bond motifs is 1. The molecule has 5 nitrogen and oxygen atoms in total. The summed E-state index contributed by atoms with van der Waals surface area (Å²) < 4.78 is 6.42. The molecular weight excluding hydrogens is 312 g/mol. The third-order valence-electron chi connectivity index (χ3n) is 3.68. The van der Waals surface area contributed by atoms with Crippen molar-refractivity contribution in [2.75, 3.05) is 6.54 Å². The van der Waals surface area contributed by atoms with Gasteiger partial charge in [0.05, 0.1) is 22.7 Å². The number of aromatic nitrogens is 1. The maximum absolute atomic E-state index is 12.5. The maximum Gasteiger partial charge on any atom is 0.410 e. The lowest BCUT2D eigenvalue weighted by Gasteiger charge is -2.40. The van der Waals surface area contributed by atoms with Gasteiger partial charge in [-0.15, -0.1) is 11.3 Å². The molecule has 1 aromatic heterocycles. The number of hydrogen-bond acceptors (Lipinski definition) is 5. The Bertz CT molecular complexity index is 715. The fourth-order valence-electron chi connectivity index (χ4n) is 2.52. The van der Waals surface area contributed by atoms with E-state index in [1.807, 2.05) is 45.0 Å². The highest BCUT2D eigenvalue weighted by atomic mass is 32.1. The van der Waals surface area contributed by atoms with E-state index in [1.165, 1.54) is 16.2 Å². The SMILES string of the molecule is CC(C)(C)OC(=O)N1CC[C@H]1C(=O)Cc1nc2ccccc2s1. The molecule has 1 aromatic carbocycles. The van der Waals surface area contributed by atoms with Crippen LogP contribution in [0.1, 0.15) is 32.2 Å². The standard InChI is InChI=1S/C17H20N2O3S/c1-17(2,3)22-16(21)19-9-8-12(19)13(20)10-15-18-11-6-4-5-7-14(11)23-15/h4-7,12H,8-10H2,1-3H3/t12-/m0/s1. The van der Waals surface area contributed by atoms with Crippen LogP contribution in [0.4, 0.5) is 4.79 Å². The second-order valence-corrected chi connectivity index (χ2v) is 7.81. The first kappa shape index (κ1) is 15.9. The van der Waals surface area contributed by atoms with Gasteiger partial charge >= 0.3 is 6.09 Å². The first-order valence-corrected chi connectivity index (χ1v) is 8.52. The van der Waals surface area contributed by atoms with E-state index >= 15 is 0 Å². The molecule has 0 saturated carbocycles. The maximum atomic E-state index is 12.5. The average Bonchev–Trinajstić information content (AvgIpc) is 2.76. The van der Waals surface area contributed by atoms with Crippen LogP contribution in [-0.4, -0.2) is 39.9 Å². The summed E-state index contributed by atoms with van der Waals surface area (Å²) in [7, 11) is 0. The number of carbonyl (C=O) groups excluding carboxylic acids is 2. The van der Waals surface area contributed by atoms with Crippen molar-refractivity contribution in [3.8, 4) is 0 Å². The molecule has 0 unspecified atom stereocenters. The van der Waals surface area contributed by atoms with E-state index in [4.69, 9.17) is 4.74 Å². The molecule has 3 rings (SSSR count). The Hall–Kier alpha value is -1.95. The van der Waals surface area contributed by atoms with E-state index in [9.17, 15) is 9.59 Å². The number of thiazole rings is 1. The minimum atomic E-state index is -0.548. The second kappa shape index (κ2) is 5.92. The number of likely N-dealkylation sites (tertiary alicyclic amines) is 1. The molecule has 0 aliphatic carbocycles. The van der Waals surface area contributed by atoms with E-state index in [0.717, 1.165) is 15.2 Å². The van der Waals surface area contributed by atoms with Crippen molar-refractivity contribution in [2.24, 2.45) is 0 Å². The van der Waals surface area contributed by atoms with Gasteiger partial charge < -0.3 is 4.74 Å². The van der Waals surface area contributed by atoms with E-state index in [-0.39, 0.29) is 18.2 Å². The van der Waals surface area contributed by atoms with Crippen LogP contribution >= 0.6 is 11.3 Å². The van der Waals surface area contributed by atoms with Gasteiger partial charge in [-0.3, -0.25) is 9.69 Å². The Morgan fingerprint density at radius 3 is 2.70 bits per heavy atom. The van der Waals surface area contributed by atoms with Gasteiger partial charge in [0, 0.05) is 6.54 Å². The summed E-state index contributed by atoms with van der Waals surface area (Å²) in [4.78, 5) is 30.6. The number of nitrogens with zero attached hydrogens (tertiary/aromatic N) is 2. The van der Waals surface area contributed by atoms with Crippen molar-refractivity contribution in [2.45, 2.75) is 45.3 Å². The van der Waals surface area contributed by atoms with Gasteiger partial charge in [-0.2, -0.15) is 0 Å². The van der Waals surface area contributed by atoms with Gasteiger partial charge in [0.2, 0.25) is 0 Å². The number of ketones is 1. The van der Waals surface area contributed by atoms with Gasteiger partial charge in [0.15, 0.2) is 5.78 Å². The summed E-state index contributed by atoms with van der Waals surface area (Å²) >= 11 is 1.53.